The van der Waals surface area contributed by atoms with Crippen LogP contribution >= 0.6 is 23.6 Å². The topological polar surface area (TPSA) is 73.1 Å². The number of thiazole rings is 1. The van der Waals surface area contributed by atoms with Gasteiger partial charge in [0.1, 0.15) is 0 Å². The first kappa shape index (κ1) is 16.9. The van der Waals surface area contributed by atoms with E-state index in [1.807, 2.05) is 30.3 Å². The van der Waals surface area contributed by atoms with Crippen molar-refractivity contribution in [3.63, 3.8) is 0 Å². The molecule has 1 aromatic heterocycles. The number of fused-ring (bicyclic) bond motifs is 2. The molecule has 6 nitrogen and oxygen atoms in total. The number of amides is 1. The molecule has 0 fully saturated rings. The monoisotopic (exact) mass is 408 g/mol. The SMILES string of the molecule is O=C1N=c2cc3c(cc2=C/C1=C\c1sc(=S)n(-c2ccccc2)c1O)OCO3. The van der Waals surface area contributed by atoms with Crippen LogP contribution in [-0.2, 0) is 4.79 Å². The largest absolute Gasteiger partial charge is 0.493 e. The molecule has 0 saturated carbocycles. The number of ether oxygens (including phenoxy) is 2. The molecule has 1 N–H and O–H groups in total. The molecule has 0 spiro atoms. The number of carbonyl (C=O) groups excluding carboxylic acids is 1. The Labute approximate surface area is 167 Å². The molecular weight excluding hydrogens is 396 g/mol. The van der Waals surface area contributed by atoms with Crippen molar-refractivity contribution in [3.8, 4) is 23.1 Å². The molecule has 2 aliphatic heterocycles. The standard InChI is InChI=1S/C20H12N2O4S2/c23-18-12(6-11-7-15-16(26-10-25-15)9-14(11)21-18)8-17-19(24)22(20(27)28-17)13-4-2-1-3-5-13/h1-9,24H,10H2/b12-8+. The lowest BCUT2D eigenvalue weighted by Crippen LogP contribution is -2.30. The number of benzene rings is 2. The first-order valence-corrected chi connectivity index (χ1v) is 9.59. The van der Waals surface area contributed by atoms with Gasteiger partial charge < -0.3 is 14.6 Å². The third kappa shape index (κ3) is 2.74. The minimum Gasteiger partial charge on any atom is -0.493 e. The molecule has 0 bridgehead atoms. The van der Waals surface area contributed by atoms with Gasteiger partial charge in [-0.15, -0.1) is 11.3 Å². The maximum atomic E-state index is 12.5. The molecule has 3 heterocycles. The van der Waals surface area contributed by atoms with E-state index >= 15 is 0 Å². The van der Waals surface area contributed by atoms with Crippen LogP contribution < -0.4 is 20.0 Å². The molecule has 0 unspecified atom stereocenters. The predicted octanol–water partition coefficient (Wildman–Crippen LogP) is 2.73. The molecule has 1 amide bonds. The molecular formula is C20H12N2O4S2. The first-order chi connectivity index (χ1) is 13.6. The van der Waals surface area contributed by atoms with Crippen LogP contribution in [0.25, 0.3) is 17.8 Å². The third-order valence-corrected chi connectivity index (χ3v) is 5.72. The molecule has 8 heteroatoms. The number of para-hydroxylation sites is 1. The fraction of sp³-hybridized carbons (Fsp3) is 0.0500. The number of hydrogen-bond acceptors (Lipinski definition) is 6. The highest BCUT2D eigenvalue weighted by Crippen LogP contribution is 2.32. The van der Waals surface area contributed by atoms with Gasteiger partial charge in [0.15, 0.2) is 15.5 Å². The molecule has 0 radical (unpaired) electrons. The maximum absolute atomic E-state index is 12.5. The van der Waals surface area contributed by atoms with E-state index in [2.05, 4.69) is 4.99 Å². The van der Waals surface area contributed by atoms with Gasteiger partial charge in [-0.05, 0) is 42.6 Å². The Hall–Kier alpha value is -3.23. The van der Waals surface area contributed by atoms with E-state index in [0.717, 1.165) is 10.9 Å². The van der Waals surface area contributed by atoms with Crippen molar-refractivity contribution in [1.82, 2.24) is 4.57 Å². The first-order valence-electron chi connectivity index (χ1n) is 8.36. The Bertz CT molecular complexity index is 1340. The molecule has 138 valence electrons. The van der Waals surface area contributed by atoms with Crippen molar-refractivity contribution in [2.45, 2.75) is 0 Å². The summed E-state index contributed by atoms with van der Waals surface area (Å²) in [6.45, 7) is 0.152. The van der Waals surface area contributed by atoms with Gasteiger partial charge in [0.2, 0.25) is 12.7 Å². The Kier molecular flexibility index (Phi) is 3.88. The second-order valence-electron chi connectivity index (χ2n) is 6.15. The number of carbonyl (C=O) groups is 1. The van der Waals surface area contributed by atoms with Crippen LogP contribution in [0, 0.1) is 3.95 Å². The lowest BCUT2D eigenvalue weighted by Gasteiger charge is -2.05. The zero-order chi connectivity index (χ0) is 19.3. The lowest BCUT2D eigenvalue weighted by molar-refractivity contribution is -0.114. The Morgan fingerprint density at radius 3 is 2.71 bits per heavy atom. The highest BCUT2D eigenvalue weighted by molar-refractivity contribution is 7.73. The summed E-state index contributed by atoms with van der Waals surface area (Å²) in [5.41, 5.74) is 1.12. The average Bonchev–Trinajstić information content (AvgIpc) is 3.25. The van der Waals surface area contributed by atoms with Gasteiger partial charge in [-0.3, -0.25) is 9.36 Å². The van der Waals surface area contributed by atoms with E-state index in [-0.39, 0.29) is 12.7 Å². The summed E-state index contributed by atoms with van der Waals surface area (Å²) in [5, 5.41) is 12.0. The number of hydrogen-bond donors (Lipinski definition) is 1. The zero-order valence-corrected chi connectivity index (χ0v) is 15.9. The number of aromatic nitrogens is 1. The van der Waals surface area contributed by atoms with Crippen molar-refractivity contribution in [3.05, 3.63) is 67.4 Å². The molecule has 0 saturated heterocycles. The van der Waals surface area contributed by atoms with Crippen molar-refractivity contribution in [1.29, 1.82) is 0 Å². The van der Waals surface area contributed by atoms with Crippen LogP contribution in [-0.4, -0.2) is 22.4 Å². The summed E-state index contributed by atoms with van der Waals surface area (Å²) in [6.07, 6.45) is 3.33. The van der Waals surface area contributed by atoms with Crippen molar-refractivity contribution in [2.75, 3.05) is 6.79 Å². The van der Waals surface area contributed by atoms with Gasteiger partial charge in [0.05, 0.1) is 15.9 Å². The van der Waals surface area contributed by atoms with Crippen LogP contribution in [0.4, 0.5) is 0 Å². The van der Waals surface area contributed by atoms with E-state index in [4.69, 9.17) is 21.7 Å². The van der Waals surface area contributed by atoms with Crippen molar-refractivity contribution >= 4 is 41.6 Å². The van der Waals surface area contributed by atoms with Gasteiger partial charge in [0, 0.05) is 16.9 Å². The minimum atomic E-state index is -0.392. The molecule has 2 aliphatic rings. The second-order valence-corrected chi connectivity index (χ2v) is 7.83. The number of aromatic hydroxyl groups is 1. The van der Waals surface area contributed by atoms with E-state index in [0.29, 0.717) is 31.3 Å². The summed E-state index contributed by atoms with van der Waals surface area (Å²) in [7, 11) is 0. The van der Waals surface area contributed by atoms with Gasteiger partial charge in [0.25, 0.3) is 5.91 Å². The molecule has 0 atom stereocenters. The lowest BCUT2D eigenvalue weighted by atomic mass is 10.1. The Balaban J connectivity index is 1.63. The van der Waals surface area contributed by atoms with Crippen LogP contribution in [0.2, 0.25) is 0 Å². The Morgan fingerprint density at radius 1 is 1.18 bits per heavy atom. The van der Waals surface area contributed by atoms with Crippen molar-refractivity contribution in [2.24, 2.45) is 4.99 Å². The van der Waals surface area contributed by atoms with Crippen LogP contribution in [0.3, 0.4) is 0 Å². The highest BCUT2D eigenvalue weighted by atomic mass is 32.1. The third-order valence-electron chi connectivity index (χ3n) is 4.41. The molecule has 0 aliphatic carbocycles. The van der Waals surface area contributed by atoms with Crippen LogP contribution in [0.1, 0.15) is 4.88 Å². The second kappa shape index (κ2) is 6.43. The number of rotatable bonds is 2. The summed E-state index contributed by atoms with van der Waals surface area (Å²) < 4.78 is 12.8. The molecule has 28 heavy (non-hydrogen) atoms. The van der Waals surface area contributed by atoms with E-state index in [1.54, 1.807) is 28.9 Å². The zero-order valence-electron chi connectivity index (χ0n) is 14.3. The van der Waals surface area contributed by atoms with E-state index < -0.39 is 5.91 Å². The van der Waals surface area contributed by atoms with Crippen LogP contribution in [0.5, 0.6) is 17.4 Å². The summed E-state index contributed by atoms with van der Waals surface area (Å²) in [4.78, 5) is 17.1. The van der Waals surface area contributed by atoms with Gasteiger partial charge >= 0.3 is 0 Å². The molecule has 2 aromatic carbocycles. The van der Waals surface area contributed by atoms with Gasteiger partial charge in [-0.25, -0.2) is 4.99 Å². The van der Waals surface area contributed by atoms with Crippen LogP contribution in [0.15, 0.2) is 53.0 Å². The fourth-order valence-corrected chi connectivity index (χ4v) is 4.39. The van der Waals surface area contributed by atoms with Gasteiger partial charge in [-0.2, -0.15) is 0 Å². The fourth-order valence-electron chi connectivity index (χ4n) is 3.09. The summed E-state index contributed by atoms with van der Waals surface area (Å²) >= 11 is 6.63. The normalized spacial score (nSPS) is 15.9. The summed E-state index contributed by atoms with van der Waals surface area (Å²) in [6, 6.07) is 12.8. The quantitative estimate of drug-likeness (QED) is 0.521. The minimum absolute atomic E-state index is 0.00798. The number of nitrogens with zero attached hydrogens (tertiary/aromatic N) is 2. The van der Waals surface area contributed by atoms with Crippen molar-refractivity contribution < 1.29 is 19.4 Å². The molecule has 5 rings (SSSR count). The maximum Gasteiger partial charge on any atom is 0.277 e. The predicted molar refractivity (Wildman–Crippen MR) is 107 cm³/mol. The smallest absolute Gasteiger partial charge is 0.277 e. The highest BCUT2D eigenvalue weighted by Gasteiger charge is 2.19. The Morgan fingerprint density at radius 2 is 1.93 bits per heavy atom. The molecule has 3 aromatic rings. The van der Waals surface area contributed by atoms with E-state index in [9.17, 15) is 9.90 Å². The summed E-state index contributed by atoms with van der Waals surface area (Å²) in [5.74, 6) is 0.794. The van der Waals surface area contributed by atoms with E-state index in [1.165, 1.54) is 11.3 Å². The average molecular weight is 408 g/mol. The van der Waals surface area contributed by atoms with Gasteiger partial charge in [-0.1, -0.05) is 18.2 Å².